The second-order valence-electron chi connectivity index (χ2n) is 6.14. The lowest BCUT2D eigenvalue weighted by Gasteiger charge is -2.35. The number of carboxylic acid groups (broad SMARTS) is 1. The average Bonchev–Trinajstić information content (AvgIpc) is 2.67. The molecule has 3 N–H and O–H groups in total. The molecule has 1 saturated heterocycles. The van der Waals surface area contributed by atoms with E-state index in [1.54, 1.807) is 24.3 Å². The normalized spacial score (nSPS) is 17.3. The van der Waals surface area contributed by atoms with Gasteiger partial charge in [0.15, 0.2) is 0 Å². The molecule has 1 aliphatic rings. The number of nitrogens with one attached hydrogen (secondary N) is 1. The maximum Gasteiger partial charge on any atom is 0.335 e. The fraction of sp³-hybridized carbons (Fsp3) is 0.389. The quantitative estimate of drug-likeness (QED) is 0.740. The number of piperidine rings is 1. The smallest absolute Gasteiger partial charge is 0.335 e. The monoisotopic (exact) mass is 342 g/mol. The van der Waals surface area contributed by atoms with Crippen LogP contribution in [0.15, 0.2) is 36.7 Å². The summed E-state index contributed by atoms with van der Waals surface area (Å²) in [5.41, 5.74) is 1.24. The molecule has 0 aliphatic carbocycles. The van der Waals surface area contributed by atoms with Gasteiger partial charge in [0.1, 0.15) is 18.0 Å². The second-order valence-corrected chi connectivity index (χ2v) is 6.14. The number of rotatable bonds is 6. The van der Waals surface area contributed by atoms with Gasteiger partial charge in [-0.1, -0.05) is 12.1 Å². The highest BCUT2D eigenvalue weighted by molar-refractivity contribution is 5.87. The van der Waals surface area contributed by atoms with E-state index in [9.17, 15) is 9.90 Å². The maximum atomic E-state index is 10.9. The summed E-state index contributed by atoms with van der Waals surface area (Å²) in [7, 11) is 0. The lowest BCUT2D eigenvalue weighted by atomic mass is 10.0. The number of aromatic nitrogens is 2. The Balaban J connectivity index is 1.66. The van der Waals surface area contributed by atoms with E-state index in [1.807, 2.05) is 6.07 Å². The Morgan fingerprint density at radius 3 is 2.76 bits per heavy atom. The molecule has 2 heterocycles. The fourth-order valence-corrected chi connectivity index (χ4v) is 3.05. The van der Waals surface area contributed by atoms with Gasteiger partial charge >= 0.3 is 5.97 Å². The van der Waals surface area contributed by atoms with Crippen LogP contribution in [0.5, 0.6) is 0 Å². The van der Waals surface area contributed by atoms with E-state index in [1.165, 1.54) is 6.33 Å². The zero-order chi connectivity index (χ0) is 17.6. The standard InChI is InChI=1S/C18H22N4O3/c23-11-15-3-1-2-8-22(15)17-9-16(20-12-21-17)19-10-13-4-6-14(7-5-13)18(24)25/h4-7,9,12,15,23H,1-3,8,10-11H2,(H,24,25)(H,19,20,21). The maximum absolute atomic E-state index is 10.9. The number of nitrogens with zero attached hydrogens (tertiary/aromatic N) is 3. The first-order valence-corrected chi connectivity index (χ1v) is 8.43. The minimum absolute atomic E-state index is 0.111. The molecule has 7 nitrogen and oxygen atoms in total. The topological polar surface area (TPSA) is 98.6 Å². The fourth-order valence-electron chi connectivity index (χ4n) is 3.05. The Labute approximate surface area is 146 Å². The molecule has 7 heteroatoms. The predicted molar refractivity (Wildman–Crippen MR) is 94.8 cm³/mol. The number of hydrogen-bond donors (Lipinski definition) is 3. The minimum atomic E-state index is -0.931. The van der Waals surface area contributed by atoms with Gasteiger partial charge in [0.05, 0.1) is 18.2 Å². The van der Waals surface area contributed by atoms with E-state index in [2.05, 4.69) is 20.2 Å². The third kappa shape index (κ3) is 4.24. The zero-order valence-electron chi connectivity index (χ0n) is 13.9. The SMILES string of the molecule is O=C(O)c1ccc(CNc2cc(N3CCCCC3CO)ncn2)cc1. The van der Waals surface area contributed by atoms with Crippen LogP contribution in [0.1, 0.15) is 35.2 Å². The molecule has 1 aromatic carbocycles. The van der Waals surface area contributed by atoms with Gasteiger partial charge in [-0.15, -0.1) is 0 Å². The molecule has 0 radical (unpaired) electrons. The molecular weight excluding hydrogens is 320 g/mol. The molecule has 2 aromatic rings. The van der Waals surface area contributed by atoms with Crippen molar-refractivity contribution in [3.05, 3.63) is 47.8 Å². The first kappa shape index (κ1) is 17.2. The first-order chi connectivity index (χ1) is 12.2. The van der Waals surface area contributed by atoms with Crippen LogP contribution in [-0.2, 0) is 6.54 Å². The Kier molecular flexibility index (Phi) is 5.45. The van der Waals surface area contributed by atoms with E-state index in [0.717, 1.165) is 37.2 Å². The third-order valence-corrected chi connectivity index (χ3v) is 4.46. The van der Waals surface area contributed by atoms with Crippen LogP contribution in [0.2, 0.25) is 0 Å². The summed E-state index contributed by atoms with van der Waals surface area (Å²) in [6.45, 7) is 1.56. The summed E-state index contributed by atoms with van der Waals surface area (Å²) in [5.74, 6) is 0.590. The van der Waals surface area contributed by atoms with Gasteiger partial charge in [0.2, 0.25) is 0 Å². The number of carbonyl (C=O) groups is 1. The van der Waals surface area contributed by atoms with Gasteiger partial charge in [0.25, 0.3) is 0 Å². The largest absolute Gasteiger partial charge is 0.478 e. The summed E-state index contributed by atoms with van der Waals surface area (Å²) in [5, 5.41) is 21.7. The van der Waals surface area contributed by atoms with Crippen LogP contribution < -0.4 is 10.2 Å². The van der Waals surface area contributed by atoms with Crippen LogP contribution in [0.4, 0.5) is 11.6 Å². The molecular formula is C18H22N4O3. The average molecular weight is 342 g/mol. The van der Waals surface area contributed by atoms with Gasteiger partial charge in [0, 0.05) is 19.2 Å². The van der Waals surface area contributed by atoms with Gasteiger partial charge in [-0.3, -0.25) is 0 Å². The molecule has 1 fully saturated rings. The molecule has 0 amide bonds. The Morgan fingerprint density at radius 1 is 1.24 bits per heavy atom. The van der Waals surface area contributed by atoms with E-state index >= 15 is 0 Å². The van der Waals surface area contributed by atoms with Crippen LogP contribution in [-0.4, -0.2) is 45.3 Å². The van der Waals surface area contributed by atoms with Gasteiger partial charge in [-0.25, -0.2) is 14.8 Å². The molecule has 1 aromatic heterocycles. The van der Waals surface area contributed by atoms with Crippen molar-refractivity contribution in [2.75, 3.05) is 23.4 Å². The molecule has 1 atom stereocenters. The number of carboxylic acids is 1. The van der Waals surface area contributed by atoms with Crippen LogP contribution in [0.25, 0.3) is 0 Å². The van der Waals surface area contributed by atoms with Crippen LogP contribution >= 0.6 is 0 Å². The summed E-state index contributed by atoms with van der Waals surface area (Å²) in [6.07, 6.45) is 4.72. The Morgan fingerprint density at radius 2 is 2.04 bits per heavy atom. The predicted octanol–water partition coefficient (Wildman–Crippen LogP) is 2.14. The molecule has 1 aliphatic heterocycles. The number of benzene rings is 1. The molecule has 3 rings (SSSR count). The summed E-state index contributed by atoms with van der Waals surface area (Å²) < 4.78 is 0. The molecule has 0 spiro atoms. The van der Waals surface area contributed by atoms with Gasteiger partial charge in [-0.05, 0) is 37.0 Å². The molecule has 0 saturated carbocycles. The molecule has 25 heavy (non-hydrogen) atoms. The van der Waals surface area contributed by atoms with Crippen LogP contribution in [0, 0.1) is 0 Å². The van der Waals surface area contributed by atoms with Crippen molar-refractivity contribution in [3.8, 4) is 0 Å². The van der Waals surface area contributed by atoms with Crippen molar-refractivity contribution < 1.29 is 15.0 Å². The molecule has 1 unspecified atom stereocenters. The molecule has 0 bridgehead atoms. The van der Waals surface area contributed by atoms with Crippen molar-refractivity contribution >= 4 is 17.6 Å². The number of hydrogen-bond acceptors (Lipinski definition) is 6. The summed E-state index contributed by atoms with van der Waals surface area (Å²) in [4.78, 5) is 21.6. The summed E-state index contributed by atoms with van der Waals surface area (Å²) in [6, 6.07) is 8.74. The molecule has 132 valence electrons. The van der Waals surface area contributed by atoms with Crippen molar-refractivity contribution in [1.82, 2.24) is 9.97 Å². The third-order valence-electron chi connectivity index (χ3n) is 4.46. The Hall–Kier alpha value is -2.67. The lowest BCUT2D eigenvalue weighted by molar-refractivity contribution is 0.0697. The van der Waals surface area contributed by atoms with E-state index in [4.69, 9.17) is 5.11 Å². The number of anilines is 2. The van der Waals surface area contributed by atoms with E-state index in [-0.39, 0.29) is 18.2 Å². The zero-order valence-corrected chi connectivity index (χ0v) is 13.9. The van der Waals surface area contributed by atoms with Crippen molar-refractivity contribution in [3.63, 3.8) is 0 Å². The van der Waals surface area contributed by atoms with Crippen molar-refractivity contribution in [2.24, 2.45) is 0 Å². The van der Waals surface area contributed by atoms with E-state index < -0.39 is 5.97 Å². The van der Waals surface area contributed by atoms with E-state index in [0.29, 0.717) is 12.4 Å². The second kappa shape index (κ2) is 7.94. The number of aliphatic hydroxyl groups is 1. The van der Waals surface area contributed by atoms with Gasteiger partial charge < -0.3 is 20.4 Å². The van der Waals surface area contributed by atoms with Crippen molar-refractivity contribution in [1.29, 1.82) is 0 Å². The first-order valence-electron chi connectivity index (χ1n) is 8.43. The lowest BCUT2D eigenvalue weighted by Crippen LogP contribution is -2.42. The highest BCUT2D eigenvalue weighted by Gasteiger charge is 2.23. The van der Waals surface area contributed by atoms with Crippen molar-refractivity contribution in [2.45, 2.75) is 31.8 Å². The van der Waals surface area contributed by atoms with Gasteiger partial charge in [-0.2, -0.15) is 0 Å². The summed E-state index contributed by atoms with van der Waals surface area (Å²) >= 11 is 0. The minimum Gasteiger partial charge on any atom is -0.478 e. The number of aliphatic hydroxyl groups excluding tert-OH is 1. The van der Waals surface area contributed by atoms with Crippen LogP contribution in [0.3, 0.4) is 0 Å². The highest BCUT2D eigenvalue weighted by Crippen LogP contribution is 2.24. The highest BCUT2D eigenvalue weighted by atomic mass is 16.4. The Bertz CT molecular complexity index is 721. The number of aromatic carboxylic acids is 1.